The normalized spacial score (nSPS) is 9.73. The van der Waals surface area contributed by atoms with Gasteiger partial charge in [-0.25, -0.2) is 9.59 Å². The number of nitrogens with two attached hydrogens (primary N) is 2. The molecule has 6 N–H and O–H groups in total. The summed E-state index contributed by atoms with van der Waals surface area (Å²) in [4.78, 5) is 22.7. The van der Waals surface area contributed by atoms with E-state index in [9.17, 15) is 9.59 Å². The van der Waals surface area contributed by atoms with Crippen LogP contribution < -0.4 is 11.5 Å². The van der Waals surface area contributed by atoms with Crippen molar-refractivity contribution in [3.63, 3.8) is 0 Å². The summed E-state index contributed by atoms with van der Waals surface area (Å²) in [5.41, 5.74) is 9.70. The van der Waals surface area contributed by atoms with Crippen LogP contribution in [-0.4, -0.2) is 59.0 Å². The lowest BCUT2D eigenvalue weighted by molar-refractivity contribution is -0.0401. The van der Waals surface area contributed by atoms with Crippen molar-refractivity contribution in [2.45, 2.75) is 0 Å². The summed E-state index contributed by atoms with van der Waals surface area (Å²) in [6.45, 7) is -1.83. The molecule has 9 nitrogen and oxygen atoms in total. The number of hydrogen-bond acceptors (Lipinski definition) is 5. The molecule has 0 aromatic heterocycles. The molecule has 9 heteroatoms. The molecule has 0 atom stereocenters. The zero-order valence-electron chi connectivity index (χ0n) is 8.00. The molecule has 0 aliphatic carbocycles. The fourth-order valence-corrected chi connectivity index (χ4v) is 0.609. The average molecular weight is 222 g/mol. The van der Waals surface area contributed by atoms with Crippen LogP contribution in [0.4, 0.5) is 9.59 Å². The third-order valence-corrected chi connectivity index (χ3v) is 1.46. The Morgan fingerprint density at radius 2 is 1.33 bits per heavy atom. The van der Waals surface area contributed by atoms with Gasteiger partial charge in [-0.2, -0.15) is 0 Å². The van der Waals surface area contributed by atoms with Crippen molar-refractivity contribution in [1.29, 1.82) is 0 Å². The number of nitrogens with zero attached hydrogens (tertiary/aromatic N) is 2. The summed E-state index contributed by atoms with van der Waals surface area (Å²) in [5.74, 6) is 0. The lowest BCUT2D eigenvalue weighted by Gasteiger charge is -2.21. The van der Waals surface area contributed by atoms with Gasteiger partial charge in [-0.15, -0.1) is 0 Å². The third-order valence-electron chi connectivity index (χ3n) is 1.46. The molecule has 0 fully saturated rings. The molecule has 0 aliphatic heterocycles. The number of aliphatic hydroxyl groups excluding tert-OH is 2. The fourth-order valence-electron chi connectivity index (χ4n) is 0.609. The van der Waals surface area contributed by atoms with Gasteiger partial charge in [0.25, 0.3) is 0 Å². The molecular weight excluding hydrogens is 208 g/mol. The van der Waals surface area contributed by atoms with E-state index >= 15 is 0 Å². The van der Waals surface area contributed by atoms with Crippen LogP contribution in [0.2, 0.25) is 0 Å². The Kier molecular flexibility index (Phi) is 6.09. The van der Waals surface area contributed by atoms with E-state index in [0.29, 0.717) is 0 Å². The Bertz CT molecular complexity index is 202. The van der Waals surface area contributed by atoms with E-state index in [1.807, 2.05) is 0 Å². The first-order chi connectivity index (χ1) is 7.02. The molecule has 0 aromatic rings. The van der Waals surface area contributed by atoms with Crippen LogP contribution in [0, 0.1) is 0 Å². The highest BCUT2D eigenvalue weighted by molar-refractivity contribution is 5.72. The molecule has 0 aromatic carbocycles. The Morgan fingerprint density at radius 3 is 1.53 bits per heavy atom. The number of carbonyl (C=O) groups excluding carboxylic acids is 2. The topological polar surface area (TPSA) is 142 Å². The zero-order chi connectivity index (χ0) is 11.8. The molecule has 0 saturated carbocycles. The van der Waals surface area contributed by atoms with Gasteiger partial charge in [-0.05, 0) is 0 Å². The van der Waals surface area contributed by atoms with Gasteiger partial charge in [-0.1, -0.05) is 0 Å². The highest BCUT2D eigenvalue weighted by atomic mass is 16.5. The summed E-state index contributed by atoms with van der Waals surface area (Å²) < 4.78 is 4.79. The predicted molar refractivity (Wildman–Crippen MR) is 47.8 cm³/mol. The number of primary amides is 2. The minimum Gasteiger partial charge on any atom is -0.376 e. The van der Waals surface area contributed by atoms with Gasteiger partial charge in [0.15, 0.2) is 0 Å². The number of aliphatic hydroxyl groups is 2. The summed E-state index contributed by atoms with van der Waals surface area (Å²) in [6.07, 6.45) is 0. The molecule has 0 heterocycles. The molecule has 0 spiro atoms. The van der Waals surface area contributed by atoms with E-state index in [1.165, 1.54) is 0 Å². The van der Waals surface area contributed by atoms with Crippen molar-refractivity contribution in [2.24, 2.45) is 11.5 Å². The van der Waals surface area contributed by atoms with Crippen LogP contribution in [0.1, 0.15) is 0 Å². The second-order valence-corrected chi connectivity index (χ2v) is 2.50. The molecular formula is C6H14N4O5. The van der Waals surface area contributed by atoms with E-state index in [2.05, 4.69) is 0 Å². The van der Waals surface area contributed by atoms with E-state index in [-0.39, 0.29) is 13.5 Å². The monoisotopic (exact) mass is 222 g/mol. The van der Waals surface area contributed by atoms with Crippen molar-refractivity contribution in [1.82, 2.24) is 9.80 Å². The largest absolute Gasteiger partial charge is 0.376 e. The van der Waals surface area contributed by atoms with Gasteiger partial charge in [0, 0.05) is 0 Å². The number of ether oxygens (including phenoxy) is 1. The molecule has 0 unspecified atom stereocenters. The van der Waals surface area contributed by atoms with Gasteiger partial charge >= 0.3 is 12.1 Å². The van der Waals surface area contributed by atoms with Gasteiger partial charge in [0.2, 0.25) is 0 Å². The minimum atomic E-state index is -0.868. The Morgan fingerprint density at radius 1 is 1.00 bits per heavy atom. The number of rotatable bonds is 6. The Balaban J connectivity index is 3.85. The van der Waals surface area contributed by atoms with Crippen LogP contribution in [0.3, 0.4) is 0 Å². The van der Waals surface area contributed by atoms with Crippen molar-refractivity contribution in [3.8, 4) is 0 Å². The molecule has 0 radical (unpaired) electrons. The van der Waals surface area contributed by atoms with Crippen molar-refractivity contribution >= 4 is 12.1 Å². The number of hydrogen-bond donors (Lipinski definition) is 4. The first-order valence-corrected chi connectivity index (χ1v) is 3.91. The first kappa shape index (κ1) is 13.4. The molecule has 0 saturated heterocycles. The fraction of sp³-hybridized carbons (Fsp3) is 0.667. The molecule has 88 valence electrons. The molecule has 15 heavy (non-hydrogen) atoms. The smallest absolute Gasteiger partial charge is 0.318 e. The Labute approximate surface area is 85.8 Å². The van der Waals surface area contributed by atoms with Crippen LogP contribution >= 0.6 is 0 Å². The van der Waals surface area contributed by atoms with E-state index in [4.69, 9.17) is 26.4 Å². The standard InChI is InChI=1S/C6H14N4O5/c7-5(13)9(1-11)3-15-4-10(2-12)6(8)14/h11-12H,1-4H2,(H2,7,13)(H2,8,14). The summed E-state index contributed by atoms with van der Waals surface area (Å²) in [7, 11) is 0. The summed E-state index contributed by atoms with van der Waals surface area (Å²) in [5, 5.41) is 17.2. The van der Waals surface area contributed by atoms with Crippen LogP contribution in [0.5, 0.6) is 0 Å². The maximum Gasteiger partial charge on any atom is 0.318 e. The molecule has 0 bridgehead atoms. The maximum absolute atomic E-state index is 10.6. The molecule has 4 amide bonds. The van der Waals surface area contributed by atoms with Gasteiger partial charge in [0.1, 0.15) is 26.9 Å². The first-order valence-electron chi connectivity index (χ1n) is 3.91. The van der Waals surface area contributed by atoms with Crippen molar-refractivity contribution < 1.29 is 24.5 Å². The van der Waals surface area contributed by atoms with Gasteiger partial charge in [0.05, 0.1) is 0 Å². The van der Waals surface area contributed by atoms with E-state index in [1.54, 1.807) is 0 Å². The highest BCUT2D eigenvalue weighted by Crippen LogP contribution is 1.90. The van der Waals surface area contributed by atoms with Crippen LogP contribution in [0.25, 0.3) is 0 Å². The van der Waals surface area contributed by atoms with Gasteiger partial charge < -0.3 is 26.4 Å². The number of carbonyl (C=O) groups is 2. The number of amides is 4. The maximum atomic E-state index is 10.6. The lowest BCUT2D eigenvalue weighted by Crippen LogP contribution is -2.42. The Hall–Kier alpha value is -1.58. The van der Waals surface area contributed by atoms with E-state index in [0.717, 1.165) is 9.80 Å². The second kappa shape index (κ2) is 6.81. The summed E-state index contributed by atoms with van der Waals surface area (Å²) >= 11 is 0. The van der Waals surface area contributed by atoms with Crippen LogP contribution in [-0.2, 0) is 4.74 Å². The van der Waals surface area contributed by atoms with Gasteiger partial charge in [-0.3, -0.25) is 9.80 Å². The zero-order valence-corrected chi connectivity index (χ0v) is 8.00. The lowest BCUT2D eigenvalue weighted by atomic mass is 10.8. The second-order valence-electron chi connectivity index (χ2n) is 2.50. The van der Waals surface area contributed by atoms with Crippen molar-refractivity contribution in [3.05, 3.63) is 0 Å². The number of urea groups is 2. The SMILES string of the molecule is NC(=O)N(CO)COCN(CO)C(N)=O. The predicted octanol–water partition coefficient (Wildman–Crippen LogP) is -2.42. The molecule has 0 rings (SSSR count). The average Bonchev–Trinajstić information content (AvgIpc) is 2.17. The van der Waals surface area contributed by atoms with Crippen molar-refractivity contribution in [2.75, 3.05) is 26.9 Å². The highest BCUT2D eigenvalue weighted by Gasteiger charge is 2.10. The quantitative estimate of drug-likeness (QED) is 0.370. The van der Waals surface area contributed by atoms with E-state index < -0.39 is 25.5 Å². The third kappa shape index (κ3) is 5.00. The minimum absolute atomic E-state index is 0.310. The summed E-state index contributed by atoms with van der Waals surface area (Å²) in [6, 6.07) is -1.74. The van der Waals surface area contributed by atoms with Crippen LogP contribution in [0.15, 0.2) is 0 Å². The molecule has 0 aliphatic rings.